The van der Waals surface area contributed by atoms with Crippen molar-refractivity contribution >= 4 is 13.3 Å². The number of ether oxygens (including phenoxy) is 2. The zero-order valence-electron chi connectivity index (χ0n) is 8.20. The first-order valence-corrected chi connectivity index (χ1v) is 4.36. The Bertz CT molecular complexity index is 257. The predicted octanol–water partition coefficient (Wildman–Crippen LogP) is -0.468. The van der Waals surface area contributed by atoms with Crippen LogP contribution in [0, 0.1) is 0 Å². The highest BCUT2D eigenvalue weighted by molar-refractivity contribution is 6.35. The first-order valence-electron chi connectivity index (χ1n) is 4.36. The van der Waals surface area contributed by atoms with Crippen LogP contribution in [0.5, 0.6) is 11.8 Å². The molecule has 0 unspecified atom stereocenters. The molecule has 1 heterocycles. The predicted molar refractivity (Wildman–Crippen MR) is 52.5 cm³/mol. The molecule has 4 nitrogen and oxygen atoms in total. The quantitative estimate of drug-likeness (QED) is 0.587. The lowest BCUT2D eigenvalue weighted by Gasteiger charge is -2.09. The van der Waals surface area contributed by atoms with Gasteiger partial charge in [-0.2, -0.15) is 0 Å². The molecule has 5 heteroatoms. The zero-order valence-corrected chi connectivity index (χ0v) is 8.20. The smallest absolute Gasteiger partial charge is 0.213 e. The fourth-order valence-corrected chi connectivity index (χ4v) is 0.983. The minimum absolute atomic E-state index is 0.598. The molecule has 0 atom stereocenters. The van der Waals surface area contributed by atoms with Crippen LogP contribution in [-0.4, -0.2) is 31.0 Å². The molecule has 0 fully saturated rings. The highest BCUT2D eigenvalue weighted by Gasteiger charge is 2.07. The Labute approximate surface area is 78.7 Å². The van der Waals surface area contributed by atoms with E-state index in [4.69, 9.17) is 9.47 Å². The van der Waals surface area contributed by atoms with E-state index in [2.05, 4.69) is 9.97 Å². The lowest BCUT2D eigenvalue weighted by molar-refractivity contribution is 0.311. The van der Waals surface area contributed by atoms with E-state index in [-0.39, 0.29) is 0 Å². The van der Waals surface area contributed by atoms with Gasteiger partial charge in [-0.1, -0.05) is 0 Å². The van der Waals surface area contributed by atoms with Gasteiger partial charge >= 0.3 is 0 Å². The normalized spacial score (nSPS) is 9.69. The van der Waals surface area contributed by atoms with Crippen LogP contribution in [0.15, 0.2) is 6.33 Å². The lowest BCUT2D eigenvalue weighted by Crippen LogP contribution is -2.16. The zero-order chi connectivity index (χ0) is 9.68. The van der Waals surface area contributed by atoms with Gasteiger partial charge in [-0.15, -0.1) is 0 Å². The summed E-state index contributed by atoms with van der Waals surface area (Å²) in [6.45, 7) is 5.04. The minimum Gasteiger partial charge on any atom is -0.478 e. The second-order valence-corrected chi connectivity index (χ2v) is 2.47. The third-order valence-electron chi connectivity index (χ3n) is 1.55. The minimum atomic E-state index is 0.598. The van der Waals surface area contributed by atoms with Crippen LogP contribution in [0.1, 0.15) is 13.8 Å². The fraction of sp³-hybridized carbons (Fsp3) is 0.500. The lowest BCUT2D eigenvalue weighted by atomic mass is 9.99. The van der Waals surface area contributed by atoms with Crippen LogP contribution in [0.3, 0.4) is 0 Å². The van der Waals surface area contributed by atoms with E-state index in [0.29, 0.717) is 25.0 Å². The van der Waals surface area contributed by atoms with Gasteiger partial charge in [-0.25, -0.2) is 9.97 Å². The van der Waals surface area contributed by atoms with Crippen LogP contribution >= 0.6 is 0 Å². The Morgan fingerprint density at radius 1 is 1.15 bits per heavy atom. The molecule has 0 radical (unpaired) electrons. The number of hydrogen-bond donors (Lipinski definition) is 0. The molecule has 0 aliphatic heterocycles. The van der Waals surface area contributed by atoms with Crippen LogP contribution in [0.25, 0.3) is 0 Å². The first kappa shape index (κ1) is 9.83. The maximum atomic E-state index is 5.29. The van der Waals surface area contributed by atoms with E-state index >= 15 is 0 Å². The van der Waals surface area contributed by atoms with Gasteiger partial charge in [0.15, 0.2) is 7.85 Å². The molecular formula is C8H13BN2O2. The molecule has 0 bridgehead atoms. The summed E-state index contributed by atoms with van der Waals surface area (Å²) in [7, 11) is 1.88. The summed E-state index contributed by atoms with van der Waals surface area (Å²) >= 11 is 0. The van der Waals surface area contributed by atoms with Gasteiger partial charge in [-0.3, -0.25) is 0 Å². The molecule has 0 N–H and O–H groups in total. The van der Waals surface area contributed by atoms with Crippen molar-refractivity contribution in [3.05, 3.63) is 6.33 Å². The van der Waals surface area contributed by atoms with Gasteiger partial charge in [0.25, 0.3) is 0 Å². The Kier molecular flexibility index (Phi) is 3.55. The monoisotopic (exact) mass is 180 g/mol. The molecule has 0 aliphatic rings. The van der Waals surface area contributed by atoms with Gasteiger partial charge in [0.05, 0.1) is 13.2 Å². The third kappa shape index (κ3) is 2.34. The molecule has 0 saturated carbocycles. The fourth-order valence-electron chi connectivity index (χ4n) is 0.983. The van der Waals surface area contributed by atoms with Crippen molar-refractivity contribution in [2.45, 2.75) is 13.8 Å². The second kappa shape index (κ2) is 4.69. The SMILES string of the molecule is Bc1c(OCC)ncnc1OCC. The van der Waals surface area contributed by atoms with E-state index < -0.39 is 0 Å². The van der Waals surface area contributed by atoms with Crippen molar-refractivity contribution in [1.82, 2.24) is 9.97 Å². The van der Waals surface area contributed by atoms with E-state index in [1.54, 1.807) is 0 Å². The maximum Gasteiger partial charge on any atom is 0.213 e. The van der Waals surface area contributed by atoms with Gasteiger partial charge in [0.1, 0.15) is 6.33 Å². The molecule has 0 saturated heterocycles. The standard InChI is InChI=1S/C8H13BN2O2/c1-3-12-7-6(9)8(13-4-2)11-5-10-7/h5H,3-4,9H2,1-2H3. The molecule has 13 heavy (non-hydrogen) atoms. The molecule has 1 rings (SSSR count). The Balaban J connectivity index is 2.89. The molecular weight excluding hydrogens is 167 g/mol. The Morgan fingerprint density at radius 2 is 1.62 bits per heavy atom. The highest BCUT2D eigenvalue weighted by Crippen LogP contribution is 2.07. The van der Waals surface area contributed by atoms with Crippen molar-refractivity contribution in [3.63, 3.8) is 0 Å². The molecule has 0 amide bonds. The molecule has 1 aromatic rings. The van der Waals surface area contributed by atoms with Crippen molar-refractivity contribution < 1.29 is 9.47 Å². The summed E-state index contributed by atoms with van der Waals surface area (Å²) in [5.74, 6) is 1.20. The molecule has 0 aromatic carbocycles. The van der Waals surface area contributed by atoms with Crippen LogP contribution in [-0.2, 0) is 0 Å². The third-order valence-corrected chi connectivity index (χ3v) is 1.55. The van der Waals surface area contributed by atoms with E-state index in [9.17, 15) is 0 Å². The van der Waals surface area contributed by atoms with Crippen LogP contribution in [0.4, 0.5) is 0 Å². The van der Waals surface area contributed by atoms with Crippen LogP contribution in [0.2, 0.25) is 0 Å². The Hall–Kier alpha value is -1.26. The summed E-state index contributed by atoms with van der Waals surface area (Å²) < 4.78 is 10.6. The summed E-state index contributed by atoms with van der Waals surface area (Å²) in [6.07, 6.45) is 1.45. The maximum absolute atomic E-state index is 5.29. The van der Waals surface area contributed by atoms with Crippen LogP contribution < -0.4 is 14.9 Å². The van der Waals surface area contributed by atoms with E-state index in [0.717, 1.165) is 5.46 Å². The van der Waals surface area contributed by atoms with Gasteiger partial charge < -0.3 is 9.47 Å². The number of aromatic nitrogens is 2. The van der Waals surface area contributed by atoms with E-state index in [1.807, 2.05) is 21.7 Å². The summed E-state index contributed by atoms with van der Waals surface area (Å²) in [6, 6.07) is 0. The van der Waals surface area contributed by atoms with Gasteiger partial charge in [0.2, 0.25) is 11.8 Å². The van der Waals surface area contributed by atoms with Gasteiger partial charge in [0, 0.05) is 5.46 Å². The summed E-state index contributed by atoms with van der Waals surface area (Å²) in [5.41, 5.74) is 0.853. The van der Waals surface area contributed by atoms with Gasteiger partial charge in [-0.05, 0) is 13.8 Å². The molecule has 70 valence electrons. The van der Waals surface area contributed by atoms with Crippen molar-refractivity contribution in [1.29, 1.82) is 0 Å². The average molecular weight is 180 g/mol. The summed E-state index contributed by atoms with van der Waals surface area (Å²) in [4.78, 5) is 8.00. The Morgan fingerprint density at radius 3 is 2.00 bits per heavy atom. The average Bonchev–Trinajstić information content (AvgIpc) is 2.13. The molecule has 0 spiro atoms. The second-order valence-electron chi connectivity index (χ2n) is 2.47. The van der Waals surface area contributed by atoms with Crippen molar-refractivity contribution in [3.8, 4) is 11.8 Å². The summed E-state index contributed by atoms with van der Waals surface area (Å²) in [5, 5.41) is 0. The van der Waals surface area contributed by atoms with Crippen molar-refractivity contribution in [2.24, 2.45) is 0 Å². The molecule has 0 aliphatic carbocycles. The number of rotatable bonds is 4. The van der Waals surface area contributed by atoms with Crippen molar-refractivity contribution in [2.75, 3.05) is 13.2 Å². The first-order chi connectivity index (χ1) is 6.29. The van der Waals surface area contributed by atoms with E-state index in [1.165, 1.54) is 6.33 Å². The number of nitrogens with zero attached hydrogens (tertiary/aromatic N) is 2. The topological polar surface area (TPSA) is 44.2 Å². The highest BCUT2D eigenvalue weighted by atomic mass is 16.5. The molecule has 1 aromatic heterocycles. The largest absolute Gasteiger partial charge is 0.478 e. The number of hydrogen-bond acceptors (Lipinski definition) is 4.